The Hall–Kier alpha value is -2.62. The van der Waals surface area contributed by atoms with E-state index in [1.54, 1.807) is 0 Å². The summed E-state index contributed by atoms with van der Waals surface area (Å²) in [7, 11) is 0. The van der Waals surface area contributed by atoms with Gasteiger partial charge >= 0.3 is 0 Å². The lowest BCUT2D eigenvalue weighted by Gasteiger charge is -2.26. The molecule has 2 aliphatic rings. The van der Waals surface area contributed by atoms with E-state index in [9.17, 15) is 0 Å². The van der Waals surface area contributed by atoms with Gasteiger partial charge in [-0.15, -0.1) is 0 Å². The molecule has 41 heavy (non-hydrogen) atoms. The largest absolute Gasteiger partial charge is 0.478 e. The van der Waals surface area contributed by atoms with Crippen molar-refractivity contribution in [2.75, 3.05) is 13.2 Å². The molecule has 0 saturated heterocycles. The molecule has 0 N–H and O–H groups in total. The summed E-state index contributed by atoms with van der Waals surface area (Å²) in [6.45, 7) is 32.6. The molecule has 4 nitrogen and oxygen atoms in total. The van der Waals surface area contributed by atoms with Crippen LogP contribution in [0.25, 0.3) is 0 Å². The smallest absolute Gasteiger partial charge is 0.199 e. The average molecular weight is 559 g/mol. The van der Waals surface area contributed by atoms with Crippen molar-refractivity contribution in [3.63, 3.8) is 0 Å². The normalized spacial score (nSPS) is 20.4. The zero-order valence-corrected chi connectivity index (χ0v) is 28.2. The van der Waals surface area contributed by atoms with Crippen LogP contribution in [0, 0.1) is 5.41 Å². The summed E-state index contributed by atoms with van der Waals surface area (Å²) in [6.07, 6.45) is 0. The number of benzene rings is 2. The van der Waals surface area contributed by atoms with Gasteiger partial charge in [-0.2, -0.15) is 0 Å². The molecule has 0 bridgehead atoms. The molecule has 0 unspecified atom stereocenters. The Morgan fingerprint density at radius 2 is 0.732 bits per heavy atom. The summed E-state index contributed by atoms with van der Waals surface area (Å²) in [5.74, 6) is 1.42. The number of hydrogen-bond donors (Lipinski definition) is 0. The van der Waals surface area contributed by atoms with E-state index >= 15 is 0 Å². The molecule has 0 amide bonds. The van der Waals surface area contributed by atoms with E-state index in [1.165, 1.54) is 33.4 Å². The molecule has 0 spiro atoms. The van der Waals surface area contributed by atoms with Crippen LogP contribution < -0.4 is 0 Å². The molecule has 0 saturated carbocycles. The first-order valence-electron chi connectivity index (χ1n) is 15.3. The minimum Gasteiger partial charge on any atom is -0.478 e. The van der Waals surface area contributed by atoms with E-state index in [-0.39, 0.29) is 33.7 Å². The zero-order chi connectivity index (χ0) is 30.8. The Labute approximate surface area is 250 Å². The van der Waals surface area contributed by atoms with Crippen LogP contribution in [0.1, 0.15) is 142 Å². The second kappa shape index (κ2) is 10.3. The molecule has 4 heteroatoms. The van der Waals surface area contributed by atoms with Crippen LogP contribution in [0.2, 0.25) is 0 Å². The minimum absolute atomic E-state index is 0.0386. The Kier molecular flexibility index (Phi) is 7.85. The van der Waals surface area contributed by atoms with Gasteiger partial charge in [0.05, 0.1) is 0 Å². The van der Waals surface area contributed by atoms with Gasteiger partial charge in [0.1, 0.15) is 30.7 Å². The minimum atomic E-state index is -0.549. The van der Waals surface area contributed by atoms with Crippen LogP contribution >= 0.6 is 0 Å². The number of nitrogens with zero attached hydrogens (tertiary/aromatic N) is 2. The van der Waals surface area contributed by atoms with E-state index < -0.39 is 5.41 Å². The molecule has 0 aliphatic carbocycles. The number of hydrogen-bond acceptors (Lipinski definition) is 4. The van der Waals surface area contributed by atoms with E-state index in [2.05, 4.69) is 133 Å². The highest BCUT2D eigenvalue weighted by Gasteiger charge is 2.42. The topological polar surface area (TPSA) is 43.2 Å². The van der Waals surface area contributed by atoms with Gasteiger partial charge in [-0.05, 0) is 68.9 Å². The molecule has 2 heterocycles. The average Bonchev–Trinajstić information content (AvgIpc) is 3.52. The third kappa shape index (κ3) is 6.73. The third-order valence-corrected chi connectivity index (χ3v) is 8.52. The molecule has 0 aromatic heterocycles. The summed E-state index contributed by atoms with van der Waals surface area (Å²) >= 11 is 0. The first-order valence-corrected chi connectivity index (χ1v) is 15.3. The van der Waals surface area contributed by atoms with E-state index in [0.717, 1.165) is 0 Å². The third-order valence-electron chi connectivity index (χ3n) is 8.52. The van der Waals surface area contributed by atoms with Crippen molar-refractivity contribution in [2.24, 2.45) is 15.4 Å². The van der Waals surface area contributed by atoms with Crippen LogP contribution in [-0.2, 0) is 31.1 Å². The lowest BCUT2D eigenvalue weighted by Crippen LogP contribution is -2.34. The van der Waals surface area contributed by atoms with Crippen LogP contribution in [0.3, 0.4) is 0 Å². The highest BCUT2D eigenvalue weighted by atomic mass is 16.5. The molecule has 2 aliphatic heterocycles. The number of rotatable bonds is 4. The van der Waals surface area contributed by atoms with Crippen molar-refractivity contribution < 1.29 is 9.47 Å². The van der Waals surface area contributed by atoms with Crippen molar-refractivity contribution in [1.29, 1.82) is 0 Å². The lowest BCUT2D eigenvalue weighted by atomic mass is 9.79. The van der Waals surface area contributed by atoms with E-state index in [1.807, 2.05) is 0 Å². The van der Waals surface area contributed by atoms with Gasteiger partial charge in [-0.1, -0.05) is 119 Å². The molecule has 2 aromatic carbocycles. The summed E-state index contributed by atoms with van der Waals surface area (Å²) < 4.78 is 12.6. The number of ether oxygens (including phenoxy) is 2. The second-order valence-electron chi connectivity index (χ2n) is 16.8. The highest BCUT2D eigenvalue weighted by molar-refractivity contribution is 6.05. The summed E-state index contributed by atoms with van der Waals surface area (Å²) in [5.41, 5.74) is 7.44. The fourth-order valence-corrected chi connectivity index (χ4v) is 5.28. The first kappa shape index (κ1) is 31.3. The predicted octanol–water partition coefficient (Wildman–Crippen LogP) is 9.54. The molecule has 2 aromatic rings. The molecular weight excluding hydrogens is 504 g/mol. The van der Waals surface area contributed by atoms with Crippen molar-refractivity contribution in [3.05, 3.63) is 69.8 Å². The Morgan fingerprint density at radius 1 is 0.463 bits per heavy atom. The molecular formula is C37H54N2O2. The lowest BCUT2D eigenvalue weighted by molar-refractivity contribution is 0.264. The van der Waals surface area contributed by atoms with E-state index in [0.29, 0.717) is 25.0 Å². The van der Waals surface area contributed by atoms with Crippen molar-refractivity contribution in [3.8, 4) is 0 Å². The molecule has 4 rings (SSSR count). The Balaban J connectivity index is 1.66. The van der Waals surface area contributed by atoms with Gasteiger partial charge in [0, 0.05) is 0 Å². The molecule has 2 atom stereocenters. The van der Waals surface area contributed by atoms with Crippen molar-refractivity contribution in [1.82, 2.24) is 0 Å². The van der Waals surface area contributed by atoms with Crippen LogP contribution in [-0.4, -0.2) is 25.0 Å². The SMILES string of the molecule is CC(C)(C1=N[C@H](c2cc(C(C)(C)C)cc(C(C)(C)C)c2)CO1)C1=N[C@H](c2cc(C(C)(C)C)cc(C(C)(C)C)c2)CO1. The fourth-order valence-electron chi connectivity index (χ4n) is 5.28. The van der Waals surface area contributed by atoms with Crippen LogP contribution in [0.15, 0.2) is 46.4 Å². The fraction of sp³-hybridized carbons (Fsp3) is 0.622. The monoisotopic (exact) mass is 558 g/mol. The second-order valence-corrected chi connectivity index (χ2v) is 16.8. The van der Waals surface area contributed by atoms with Gasteiger partial charge in [0.25, 0.3) is 0 Å². The van der Waals surface area contributed by atoms with Crippen LogP contribution in [0.4, 0.5) is 0 Å². The standard InChI is InChI=1S/C37H54N2O2/c1-33(2,3)25-15-23(16-26(19-25)34(4,5)6)29-21-40-31(38-29)37(13,14)32-39-30(22-41-32)24-17-27(35(7,8)9)20-28(18-24)36(10,11)12/h15-20,29-30H,21-22H2,1-14H3/t29-,30-/m0/s1. The molecule has 0 radical (unpaired) electrons. The summed E-state index contributed by atoms with van der Waals surface area (Å²) in [5, 5.41) is 0. The summed E-state index contributed by atoms with van der Waals surface area (Å²) in [6, 6.07) is 13.9. The maximum atomic E-state index is 6.31. The number of aliphatic imine (C=N–C) groups is 2. The van der Waals surface area contributed by atoms with Gasteiger partial charge in [0.2, 0.25) is 0 Å². The van der Waals surface area contributed by atoms with Gasteiger partial charge in [-0.25, -0.2) is 9.98 Å². The van der Waals surface area contributed by atoms with E-state index in [4.69, 9.17) is 19.5 Å². The molecule has 224 valence electrons. The predicted molar refractivity (Wildman–Crippen MR) is 174 cm³/mol. The Bertz CT molecular complexity index is 1180. The maximum absolute atomic E-state index is 6.31. The summed E-state index contributed by atoms with van der Waals surface area (Å²) in [4.78, 5) is 10.3. The first-order chi connectivity index (χ1) is 18.6. The van der Waals surface area contributed by atoms with Gasteiger partial charge in [-0.3, -0.25) is 0 Å². The van der Waals surface area contributed by atoms with Crippen molar-refractivity contribution >= 4 is 11.8 Å². The Morgan fingerprint density at radius 3 is 0.976 bits per heavy atom. The van der Waals surface area contributed by atoms with Gasteiger partial charge in [0.15, 0.2) is 11.8 Å². The highest BCUT2D eigenvalue weighted by Crippen LogP contribution is 2.39. The van der Waals surface area contributed by atoms with Crippen LogP contribution in [0.5, 0.6) is 0 Å². The molecule has 0 fully saturated rings. The zero-order valence-electron chi connectivity index (χ0n) is 28.2. The maximum Gasteiger partial charge on any atom is 0.199 e. The van der Waals surface area contributed by atoms with Crippen molar-refractivity contribution in [2.45, 2.75) is 131 Å². The van der Waals surface area contributed by atoms with Gasteiger partial charge < -0.3 is 9.47 Å². The quantitative estimate of drug-likeness (QED) is 0.375.